The molecule has 0 heterocycles. The molecule has 10 heavy (non-hydrogen) atoms. The van der Waals surface area contributed by atoms with Crippen molar-refractivity contribution >= 4 is 39.2 Å². The lowest BCUT2D eigenvalue weighted by atomic mass is 10.2. The van der Waals surface area contributed by atoms with Crippen molar-refractivity contribution in [1.29, 1.82) is 0 Å². The predicted molar refractivity (Wildman–Crippen MR) is 49.9 cm³/mol. The molecular weight excluding hydrogens is 260 g/mol. The van der Waals surface area contributed by atoms with Gasteiger partial charge in [0.05, 0.1) is 0 Å². The molecule has 3 heteroatoms. The molecule has 0 unspecified atom stereocenters. The maximum absolute atomic E-state index is 10.2. The molecule has 0 aliphatic carbocycles. The third kappa shape index (κ3) is 2.23. The van der Waals surface area contributed by atoms with Gasteiger partial charge in [0.2, 0.25) is 0 Å². The molecule has 1 aromatic rings. The first-order chi connectivity index (χ1) is 4.34. The number of halogens is 2. The van der Waals surface area contributed by atoms with E-state index >= 15 is 0 Å². The van der Waals surface area contributed by atoms with E-state index in [9.17, 15) is 4.79 Å². The quantitative estimate of drug-likeness (QED) is 0.714. The van der Waals surface area contributed by atoms with Crippen LogP contribution in [0.3, 0.4) is 0 Å². The molecule has 0 radical (unpaired) electrons. The first kappa shape index (κ1) is 9.85. The first-order valence-electron chi connectivity index (χ1n) is 2.54. The summed E-state index contributed by atoms with van der Waals surface area (Å²) in [7, 11) is 0. The third-order valence-corrected chi connectivity index (χ3v) is 1.75. The highest BCUT2D eigenvalue weighted by molar-refractivity contribution is 9.10. The highest BCUT2D eigenvalue weighted by Gasteiger charge is 1.92. The summed E-state index contributed by atoms with van der Waals surface area (Å²) in [6.45, 7) is 0. The maximum atomic E-state index is 10.2. The molecule has 0 aliphatic heterocycles. The zero-order chi connectivity index (χ0) is 6.69. The van der Waals surface area contributed by atoms with Crippen molar-refractivity contribution in [2.45, 2.75) is 0 Å². The summed E-state index contributed by atoms with van der Waals surface area (Å²) < 4.78 is 0.847. The fraction of sp³-hybridized carbons (Fsp3) is 0. The molecule has 0 atom stereocenters. The molecule has 0 bridgehead atoms. The van der Waals surface area contributed by atoms with Crippen LogP contribution >= 0.6 is 32.9 Å². The molecule has 1 aromatic carbocycles. The Morgan fingerprint density at radius 1 is 1.30 bits per heavy atom. The molecule has 0 fully saturated rings. The van der Waals surface area contributed by atoms with Gasteiger partial charge >= 0.3 is 0 Å². The Morgan fingerprint density at radius 2 is 1.90 bits per heavy atom. The lowest BCUT2D eigenvalue weighted by Crippen LogP contribution is -1.78. The molecule has 0 saturated heterocycles. The van der Waals surface area contributed by atoms with Crippen LogP contribution in [0.2, 0.25) is 0 Å². The fourth-order valence-corrected chi connectivity index (χ4v) is 0.949. The SMILES string of the molecule is Br.O=Cc1ccccc1Br. The molecular formula is C7H6Br2O. The second-order valence-electron chi connectivity index (χ2n) is 1.64. The van der Waals surface area contributed by atoms with E-state index in [0.717, 1.165) is 10.8 Å². The monoisotopic (exact) mass is 264 g/mol. The summed E-state index contributed by atoms with van der Waals surface area (Å²) in [6, 6.07) is 7.30. The molecule has 1 nitrogen and oxygen atoms in total. The minimum atomic E-state index is 0. The average molecular weight is 266 g/mol. The number of rotatable bonds is 1. The van der Waals surface area contributed by atoms with Crippen molar-refractivity contribution in [1.82, 2.24) is 0 Å². The molecule has 1 rings (SSSR count). The van der Waals surface area contributed by atoms with Crippen molar-refractivity contribution in [2.24, 2.45) is 0 Å². The van der Waals surface area contributed by atoms with Crippen molar-refractivity contribution in [3.05, 3.63) is 34.3 Å². The van der Waals surface area contributed by atoms with Crippen LogP contribution in [0.5, 0.6) is 0 Å². The smallest absolute Gasteiger partial charge is 0.151 e. The summed E-state index contributed by atoms with van der Waals surface area (Å²) in [5.74, 6) is 0. The zero-order valence-corrected chi connectivity index (χ0v) is 8.38. The van der Waals surface area contributed by atoms with Gasteiger partial charge in [-0.2, -0.15) is 0 Å². The van der Waals surface area contributed by atoms with Gasteiger partial charge in [0.15, 0.2) is 6.29 Å². The molecule has 0 aromatic heterocycles. The Bertz CT molecular complexity index is 223. The first-order valence-corrected chi connectivity index (χ1v) is 3.33. The van der Waals surface area contributed by atoms with Gasteiger partial charge in [-0.25, -0.2) is 0 Å². The summed E-state index contributed by atoms with van der Waals surface area (Å²) in [5, 5.41) is 0. The molecule has 0 N–H and O–H groups in total. The number of hydrogen-bond acceptors (Lipinski definition) is 1. The van der Waals surface area contributed by atoms with E-state index < -0.39 is 0 Å². The third-order valence-electron chi connectivity index (χ3n) is 1.03. The van der Waals surface area contributed by atoms with Crippen molar-refractivity contribution in [3.8, 4) is 0 Å². The zero-order valence-electron chi connectivity index (χ0n) is 5.08. The van der Waals surface area contributed by atoms with Gasteiger partial charge < -0.3 is 0 Å². The Labute approximate surface area is 78.3 Å². The van der Waals surface area contributed by atoms with E-state index in [1.165, 1.54) is 0 Å². The van der Waals surface area contributed by atoms with Crippen molar-refractivity contribution in [2.75, 3.05) is 0 Å². The number of aldehydes is 1. The van der Waals surface area contributed by atoms with Crippen LogP contribution in [0.4, 0.5) is 0 Å². The van der Waals surface area contributed by atoms with Gasteiger partial charge in [0.25, 0.3) is 0 Å². The van der Waals surface area contributed by atoms with E-state index in [-0.39, 0.29) is 17.0 Å². The van der Waals surface area contributed by atoms with E-state index in [1.54, 1.807) is 6.07 Å². The van der Waals surface area contributed by atoms with Gasteiger partial charge in [-0.1, -0.05) is 34.1 Å². The second kappa shape index (κ2) is 4.63. The maximum Gasteiger partial charge on any atom is 0.151 e. The van der Waals surface area contributed by atoms with Gasteiger partial charge in [0.1, 0.15) is 0 Å². The standard InChI is InChI=1S/C7H5BrO.BrH/c8-7-4-2-1-3-6(7)5-9;/h1-5H;1H. The molecule has 0 saturated carbocycles. The van der Waals surface area contributed by atoms with E-state index in [4.69, 9.17) is 0 Å². The summed E-state index contributed by atoms with van der Waals surface area (Å²) in [4.78, 5) is 10.2. The topological polar surface area (TPSA) is 17.1 Å². The lowest BCUT2D eigenvalue weighted by molar-refractivity contribution is 0.112. The number of hydrogen-bond donors (Lipinski definition) is 0. The fourth-order valence-electron chi connectivity index (χ4n) is 0.571. The molecule has 0 spiro atoms. The van der Waals surface area contributed by atoms with Crippen LogP contribution in [-0.4, -0.2) is 6.29 Å². The van der Waals surface area contributed by atoms with Crippen LogP contribution in [0, 0.1) is 0 Å². The van der Waals surface area contributed by atoms with E-state index in [1.807, 2.05) is 18.2 Å². The summed E-state index contributed by atoms with van der Waals surface area (Å²) in [5.41, 5.74) is 0.692. The minimum absolute atomic E-state index is 0. The molecule has 0 aliphatic rings. The summed E-state index contributed by atoms with van der Waals surface area (Å²) in [6.07, 6.45) is 0.823. The van der Waals surface area contributed by atoms with Crippen molar-refractivity contribution < 1.29 is 4.79 Å². The van der Waals surface area contributed by atoms with Gasteiger partial charge in [-0.3, -0.25) is 4.79 Å². The Morgan fingerprint density at radius 3 is 2.30 bits per heavy atom. The van der Waals surface area contributed by atoms with Crippen LogP contribution in [0.25, 0.3) is 0 Å². The van der Waals surface area contributed by atoms with Crippen LogP contribution in [0.15, 0.2) is 28.7 Å². The lowest BCUT2D eigenvalue weighted by Gasteiger charge is -1.90. The highest BCUT2D eigenvalue weighted by Crippen LogP contribution is 2.12. The van der Waals surface area contributed by atoms with E-state index in [2.05, 4.69) is 15.9 Å². The number of carbonyl (C=O) groups is 1. The van der Waals surface area contributed by atoms with Gasteiger partial charge in [-0.05, 0) is 6.07 Å². The van der Waals surface area contributed by atoms with Crippen molar-refractivity contribution in [3.63, 3.8) is 0 Å². The predicted octanol–water partition coefficient (Wildman–Crippen LogP) is 2.84. The van der Waals surface area contributed by atoms with Crippen LogP contribution in [-0.2, 0) is 0 Å². The van der Waals surface area contributed by atoms with Gasteiger partial charge in [0, 0.05) is 10.0 Å². The van der Waals surface area contributed by atoms with Crippen LogP contribution < -0.4 is 0 Å². The minimum Gasteiger partial charge on any atom is -0.298 e. The molecule has 54 valence electrons. The Balaban J connectivity index is 0.000000810. The Hall–Kier alpha value is -0.150. The normalized spacial score (nSPS) is 8.10. The number of carbonyl (C=O) groups excluding carboxylic acids is 1. The second-order valence-corrected chi connectivity index (χ2v) is 2.49. The van der Waals surface area contributed by atoms with Crippen LogP contribution in [0.1, 0.15) is 10.4 Å². The highest BCUT2D eigenvalue weighted by atomic mass is 79.9. The van der Waals surface area contributed by atoms with E-state index in [0.29, 0.717) is 5.56 Å². The average Bonchev–Trinajstić information content (AvgIpc) is 1.89. The molecule has 0 amide bonds. The summed E-state index contributed by atoms with van der Waals surface area (Å²) >= 11 is 3.23. The number of benzene rings is 1. The largest absolute Gasteiger partial charge is 0.298 e. The van der Waals surface area contributed by atoms with Gasteiger partial charge in [-0.15, -0.1) is 17.0 Å². The Kier molecular flexibility index (Phi) is 4.56.